The molecular weight excluding hydrogens is 218 g/mol. The van der Waals surface area contributed by atoms with Crippen LogP contribution < -0.4 is 0 Å². The fourth-order valence-electron chi connectivity index (χ4n) is 2.08. The molecule has 1 unspecified atom stereocenters. The zero-order valence-electron chi connectivity index (χ0n) is 9.93. The van der Waals surface area contributed by atoms with Gasteiger partial charge in [0, 0.05) is 19.1 Å². The van der Waals surface area contributed by atoms with Crippen LogP contribution in [0.25, 0.3) is 0 Å². The van der Waals surface area contributed by atoms with Crippen LogP contribution in [0.3, 0.4) is 0 Å². The van der Waals surface area contributed by atoms with E-state index < -0.39 is 5.97 Å². The Kier molecular flexibility index (Phi) is 3.76. The molecule has 1 aromatic rings. The Hall–Kier alpha value is -1.39. The molecule has 1 atom stereocenters. The van der Waals surface area contributed by atoms with Gasteiger partial charge in [0.25, 0.3) is 0 Å². The zero-order valence-corrected chi connectivity index (χ0v) is 9.93. The van der Waals surface area contributed by atoms with Gasteiger partial charge in [-0.05, 0) is 24.6 Å². The Balaban J connectivity index is 2.07. The molecule has 1 heterocycles. The number of hydrogen-bond donors (Lipinski definition) is 1. The summed E-state index contributed by atoms with van der Waals surface area (Å²) < 4.78 is 5.32. The van der Waals surface area contributed by atoms with Crippen molar-refractivity contribution in [3.05, 3.63) is 35.4 Å². The quantitative estimate of drug-likeness (QED) is 0.867. The minimum Gasteiger partial charge on any atom is -0.478 e. The van der Waals surface area contributed by atoms with Crippen molar-refractivity contribution in [3.8, 4) is 0 Å². The van der Waals surface area contributed by atoms with Crippen LogP contribution in [0, 0.1) is 0 Å². The van der Waals surface area contributed by atoms with Gasteiger partial charge in [0.05, 0.1) is 18.8 Å². The number of aromatic carboxylic acids is 1. The number of benzene rings is 1. The van der Waals surface area contributed by atoms with Gasteiger partial charge in [0.15, 0.2) is 0 Å². The third-order valence-electron chi connectivity index (χ3n) is 3.23. The number of carboxylic acids is 1. The maximum absolute atomic E-state index is 10.8. The third-order valence-corrected chi connectivity index (χ3v) is 3.23. The molecule has 1 fully saturated rings. The van der Waals surface area contributed by atoms with Crippen LogP contribution in [0.1, 0.15) is 28.9 Å². The lowest BCUT2D eigenvalue weighted by molar-refractivity contribution is 0.0198. The van der Waals surface area contributed by atoms with Gasteiger partial charge in [-0.15, -0.1) is 0 Å². The Morgan fingerprint density at radius 3 is 2.41 bits per heavy atom. The molecule has 1 saturated heterocycles. The van der Waals surface area contributed by atoms with Gasteiger partial charge in [0.1, 0.15) is 0 Å². The maximum Gasteiger partial charge on any atom is 0.335 e. The standard InChI is InChI=1S/C13H17NO3/c1-10(14-6-8-17-9-7-14)11-2-4-12(5-3-11)13(15)16/h2-5,10H,6-9H2,1H3,(H,15,16). The molecule has 1 aromatic carbocycles. The van der Waals surface area contributed by atoms with E-state index in [1.54, 1.807) is 12.1 Å². The lowest BCUT2D eigenvalue weighted by Crippen LogP contribution is -2.38. The van der Waals surface area contributed by atoms with Crippen LogP contribution in [-0.4, -0.2) is 42.3 Å². The number of morpholine rings is 1. The smallest absolute Gasteiger partial charge is 0.335 e. The molecule has 0 aromatic heterocycles. The first-order valence-corrected chi connectivity index (χ1v) is 5.83. The van der Waals surface area contributed by atoms with E-state index in [1.807, 2.05) is 12.1 Å². The monoisotopic (exact) mass is 235 g/mol. The van der Waals surface area contributed by atoms with Crippen molar-refractivity contribution in [1.82, 2.24) is 4.90 Å². The molecule has 0 bridgehead atoms. The first-order chi connectivity index (χ1) is 8.18. The summed E-state index contributed by atoms with van der Waals surface area (Å²) in [6.07, 6.45) is 0. The second kappa shape index (κ2) is 5.29. The van der Waals surface area contributed by atoms with Crippen LogP contribution in [0.5, 0.6) is 0 Å². The summed E-state index contributed by atoms with van der Waals surface area (Å²) in [5.74, 6) is -0.879. The minimum absolute atomic E-state index is 0.307. The number of hydrogen-bond acceptors (Lipinski definition) is 3. The fourth-order valence-corrected chi connectivity index (χ4v) is 2.08. The third kappa shape index (κ3) is 2.84. The van der Waals surface area contributed by atoms with Gasteiger partial charge in [0.2, 0.25) is 0 Å². The van der Waals surface area contributed by atoms with Crippen molar-refractivity contribution in [2.24, 2.45) is 0 Å². The number of rotatable bonds is 3. The van der Waals surface area contributed by atoms with Crippen molar-refractivity contribution in [1.29, 1.82) is 0 Å². The van der Waals surface area contributed by atoms with Crippen molar-refractivity contribution >= 4 is 5.97 Å². The van der Waals surface area contributed by atoms with Crippen LogP contribution in [-0.2, 0) is 4.74 Å². The van der Waals surface area contributed by atoms with E-state index in [0.717, 1.165) is 31.9 Å². The average Bonchev–Trinajstić information content (AvgIpc) is 2.39. The molecule has 0 radical (unpaired) electrons. The van der Waals surface area contributed by atoms with E-state index >= 15 is 0 Å². The Morgan fingerprint density at radius 1 is 1.29 bits per heavy atom. The molecule has 1 aliphatic rings. The highest BCUT2D eigenvalue weighted by Gasteiger charge is 2.18. The largest absolute Gasteiger partial charge is 0.478 e. The normalized spacial score (nSPS) is 18.9. The van der Waals surface area contributed by atoms with E-state index in [2.05, 4.69) is 11.8 Å². The van der Waals surface area contributed by atoms with Crippen LogP contribution in [0.4, 0.5) is 0 Å². The van der Waals surface area contributed by atoms with Gasteiger partial charge in [-0.25, -0.2) is 4.79 Å². The summed E-state index contributed by atoms with van der Waals surface area (Å²) in [4.78, 5) is 13.1. The summed E-state index contributed by atoms with van der Waals surface area (Å²) in [6, 6.07) is 7.41. The number of carbonyl (C=O) groups is 1. The van der Waals surface area contributed by atoms with Gasteiger partial charge in [-0.2, -0.15) is 0 Å². The summed E-state index contributed by atoms with van der Waals surface area (Å²) in [5.41, 5.74) is 1.49. The molecule has 4 heteroatoms. The molecule has 0 saturated carbocycles. The Bertz CT molecular complexity index is 382. The van der Waals surface area contributed by atoms with Crippen LogP contribution in [0.2, 0.25) is 0 Å². The molecule has 0 amide bonds. The van der Waals surface area contributed by atoms with E-state index in [4.69, 9.17) is 9.84 Å². The van der Waals surface area contributed by atoms with E-state index in [1.165, 1.54) is 0 Å². The van der Waals surface area contributed by atoms with Gasteiger partial charge in [-0.3, -0.25) is 4.90 Å². The van der Waals surface area contributed by atoms with Crippen LogP contribution in [0.15, 0.2) is 24.3 Å². The first kappa shape index (κ1) is 12.1. The van der Waals surface area contributed by atoms with E-state index in [9.17, 15) is 4.79 Å². The van der Waals surface area contributed by atoms with Crippen molar-refractivity contribution in [2.45, 2.75) is 13.0 Å². The van der Waals surface area contributed by atoms with Gasteiger partial charge >= 0.3 is 5.97 Å². The number of nitrogens with zero attached hydrogens (tertiary/aromatic N) is 1. The maximum atomic E-state index is 10.8. The SMILES string of the molecule is CC(c1ccc(C(=O)O)cc1)N1CCOCC1. The summed E-state index contributed by atoms with van der Waals surface area (Å²) >= 11 is 0. The number of carboxylic acid groups (broad SMARTS) is 1. The summed E-state index contributed by atoms with van der Waals surface area (Å²) in [7, 11) is 0. The second-order valence-electron chi connectivity index (χ2n) is 4.25. The molecule has 17 heavy (non-hydrogen) atoms. The molecule has 92 valence electrons. The topological polar surface area (TPSA) is 49.8 Å². The zero-order chi connectivity index (χ0) is 12.3. The Labute approximate surface area is 101 Å². The van der Waals surface area contributed by atoms with E-state index in [0.29, 0.717) is 11.6 Å². The second-order valence-corrected chi connectivity index (χ2v) is 4.25. The molecule has 4 nitrogen and oxygen atoms in total. The van der Waals surface area contributed by atoms with Crippen molar-refractivity contribution in [2.75, 3.05) is 26.3 Å². The van der Waals surface area contributed by atoms with Gasteiger partial charge < -0.3 is 9.84 Å². The van der Waals surface area contributed by atoms with Crippen molar-refractivity contribution < 1.29 is 14.6 Å². The highest BCUT2D eigenvalue weighted by atomic mass is 16.5. The lowest BCUT2D eigenvalue weighted by atomic mass is 10.0. The molecule has 0 spiro atoms. The molecular formula is C13H17NO3. The highest BCUT2D eigenvalue weighted by molar-refractivity contribution is 5.87. The molecule has 1 N–H and O–H groups in total. The molecule has 0 aliphatic carbocycles. The van der Waals surface area contributed by atoms with Crippen LogP contribution >= 0.6 is 0 Å². The fraction of sp³-hybridized carbons (Fsp3) is 0.462. The minimum atomic E-state index is -0.879. The molecule has 1 aliphatic heterocycles. The summed E-state index contributed by atoms with van der Waals surface area (Å²) in [6.45, 7) is 5.56. The highest BCUT2D eigenvalue weighted by Crippen LogP contribution is 2.21. The summed E-state index contributed by atoms with van der Waals surface area (Å²) in [5, 5.41) is 8.84. The first-order valence-electron chi connectivity index (χ1n) is 5.83. The number of ether oxygens (including phenoxy) is 1. The van der Waals surface area contributed by atoms with Crippen molar-refractivity contribution in [3.63, 3.8) is 0 Å². The lowest BCUT2D eigenvalue weighted by Gasteiger charge is -2.32. The Morgan fingerprint density at radius 2 is 1.88 bits per heavy atom. The average molecular weight is 235 g/mol. The van der Waals surface area contributed by atoms with Gasteiger partial charge in [-0.1, -0.05) is 12.1 Å². The predicted octanol–water partition coefficient (Wildman–Crippen LogP) is 1.78. The molecule has 2 rings (SSSR count). The van der Waals surface area contributed by atoms with E-state index in [-0.39, 0.29) is 0 Å². The predicted molar refractivity (Wildman–Crippen MR) is 64.2 cm³/mol.